The summed E-state index contributed by atoms with van der Waals surface area (Å²) in [6, 6.07) is 5.38. The second-order valence-corrected chi connectivity index (χ2v) is 9.60. The predicted octanol–water partition coefficient (Wildman–Crippen LogP) is 2.64. The van der Waals surface area contributed by atoms with E-state index < -0.39 is 39.1 Å². The first-order valence-corrected chi connectivity index (χ1v) is 10.5. The Hall–Kier alpha value is -2.17. The second-order valence-electron chi connectivity index (χ2n) is 7.95. The van der Waals surface area contributed by atoms with E-state index in [1.807, 2.05) is 27.7 Å². The van der Waals surface area contributed by atoms with Gasteiger partial charge in [0.1, 0.15) is 16.4 Å². The van der Waals surface area contributed by atoms with Crippen LogP contribution in [0.2, 0.25) is 0 Å². The van der Waals surface area contributed by atoms with E-state index >= 15 is 0 Å². The highest BCUT2D eigenvalue weighted by Gasteiger charge is 2.52. The van der Waals surface area contributed by atoms with E-state index in [9.17, 15) is 12.8 Å². The summed E-state index contributed by atoms with van der Waals surface area (Å²) < 4.78 is 59.2. The van der Waals surface area contributed by atoms with Gasteiger partial charge in [0.05, 0.1) is 18.3 Å². The van der Waals surface area contributed by atoms with Crippen molar-refractivity contribution in [3.05, 3.63) is 41.8 Å². The van der Waals surface area contributed by atoms with Gasteiger partial charge < -0.3 is 14.0 Å². The Kier molecular flexibility index (Phi) is 5.40. The zero-order valence-electron chi connectivity index (χ0n) is 17.2. The molecule has 0 unspecified atom stereocenters. The molecule has 0 atom stereocenters. The molecule has 1 aliphatic rings. The fraction of sp³-hybridized carbons (Fsp3) is 0.421. The molecule has 0 radical (unpaired) electrons. The molecule has 1 aromatic carbocycles. The van der Waals surface area contributed by atoms with Crippen LogP contribution in [0.3, 0.4) is 0 Å². The molecule has 10 heteroatoms. The summed E-state index contributed by atoms with van der Waals surface area (Å²) in [6.07, 6.45) is 1.49. The molecule has 1 N–H and O–H groups in total. The van der Waals surface area contributed by atoms with E-state index in [1.54, 1.807) is 6.92 Å². The van der Waals surface area contributed by atoms with Gasteiger partial charge in [-0.05, 0) is 58.4 Å². The molecule has 0 bridgehead atoms. The molecule has 0 aliphatic carbocycles. The quantitative estimate of drug-likeness (QED) is 0.746. The maximum absolute atomic E-state index is 14.1. The first kappa shape index (κ1) is 21.5. The van der Waals surface area contributed by atoms with Gasteiger partial charge in [0.15, 0.2) is 0 Å². The minimum absolute atomic E-state index is 0.0434. The van der Waals surface area contributed by atoms with Crippen LogP contribution in [-0.2, 0) is 19.3 Å². The number of hydrogen-bond acceptors (Lipinski definition) is 6. The summed E-state index contributed by atoms with van der Waals surface area (Å²) in [5, 5.41) is 0. The summed E-state index contributed by atoms with van der Waals surface area (Å²) >= 11 is 0. The zero-order valence-corrected chi connectivity index (χ0v) is 18.1. The first-order chi connectivity index (χ1) is 13.4. The Morgan fingerprint density at radius 3 is 2.34 bits per heavy atom. The third kappa shape index (κ3) is 4.10. The second kappa shape index (κ2) is 7.26. The summed E-state index contributed by atoms with van der Waals surface area (Å²) in [5.74, 6) is -0.806. The highest BCUT2D eigenvalue weighted by molar-refractivity contribution is 7.92. The standard InChI is InChI=1S/C19H24BFN2O5S/c1-12-7-8-14(21)16(9-12)29(24,25)23-15-10-13(11-22-17(15)26-6)20-27-18(2,3)19(4,5)28-20/h7-11,23H,1-6H3. The molecule has 156 valence electrons. The molecule has 1 aromatic heterocycles. The largest absolute Gasteiger partial charge is 0.496 e. The number of rotatable bonds is 5. The van der Waals surface area contributed by atoms with Crippen LogP contribution in [0.5, 0.6) is 5.88 Å². The predicted molar refractivity (Wildman–Crippen MR) is 108 cm³/mol. The van der Waals surface area contributed by atoms with E-state index in [2.05, 4.69) is 9.71 Å². The van der Waals surface area contributed by atoms with Gasteiger partial charge in [0.25, 0.3) is 10.0 Å². The molecule has 1 saturated heterocycles. The summed E-state index contributed by atoms with van der Waals surface area (Å²) in [4.78, 5) is 3.69. The summed E-state index contributed by atoms with van der Waals surface area (Å²) in [5.41, 5.74) is 0.0412. The number of anilines is 1. The van der Waals surface area contributed by atoms with Crippen molar-refractivity contribution in [2.45, 2.75) is 50.7 Å². The number of sulfonamides is 1. The molecule has 0 saturated carbocycles. The van der Waals surface area contributed by atoms with Gasteiger partial charge in [-0.2, -0.15) is 0 Å². The number of benzene rings is 1. The van der Waals surface area contributed by atoms with E-state index in [4.69, 9.17) is 14.0 Å². The minimum atomic E-state index is -4.21. The van der Waals surface area contributed by atoms with E-state index in [0.717, 1.165) is 6.07 Å². The van der Waals surface area contributed by atoms with Gasteiger partial charge in [0.2, 0.25) is 5.88 Å². The summed E-state index contributed by atoms with van der Waals surface area (Å²) in [7, 11) is -3.59. The lowest BCUT2D eigenvalue weighted by Crippen LogP contribution is -2.41. The third-order valence-electron chi connectivity index (χ3n) is 5.21. The van der Waals surface area contributed by atoms with E-state index in [-0.39, 0.29) is 11.6 Å². The number of pyridine rings is 1. The molecule has 2 aromatic rings. The van der Waals surface area contributed by atoms with Gasteiger partial charge in [0, 0.05) is 11.7 Å². The molecular weight excluding hydrogens is 398 g/mol. The van der Waals surface area contributed by atoms with Gasteiger partial charge in [-0.15, -0.1) is 0 Å². The number of methoxy groups -OCH3 is 1. The molecule has 2 heterocycles. The van der Waals surface area contributed by atoms with Crippen molar-refractivity contribution >= 4 is 28.3 Å². The van der Waals surface area contributed by atoms with Gasteiger partial charge in [-0.1, -0.05) is 6.07 Å². The maximum Gasteiger partial charge on any atom is 0.496 e. The monoisotopic (exact) mass is 422 g/mol. The average molecular weight is 422 g/mol. The van der Waals surface area contributed by atoms with Crippen LogP contribution in [-0.4, -0.2) is 38.8 Å². The average Bonchev–Trinajstić information content (AvgIpc) is 2.84. The molecule has 1 fully saturated rings. The SMILES string of the molecule is COc1ncc(B2OC(C)(C)C(C)(C)O2)cc1NS(=O)(=O)c1cc(C)ccc1F. The van der Waals surface area contributed by atoms with Crippen molar-refractivity contribution in [2.24, 2.45) is 0 Å². The maximum atomic E-state index is 14.1. The smallest absolute Gasteiger partial charge is 0.480 e. The molecule has 29 heavy (non-hydrogen) atoms. The minimum Gasteiger partial charge on any atom is -0.480 e. The van der Waals surface area contributed by atoms with Crippen LogP contribution in [0, 0.1) is 12.7 Å². The van der Waals surface area contributed by atoms with Crippen molar-refractivity contribution in [3.63, 3.8) is 0 Å². The van der Waals surface area contributed by atoms with Crippen molar-refractivity contribution < 1.29 is 26.9 Å². The lowest BCUT2D eigenvalue weighted by atomic mass is 9.80. The number of aromatic nitrogens is 1. The Morgan fingerprint density at radius 1 is 1.14 bits per heavy atom. The van der Waals surface area contributed by atoms with Crippen molar-refractivity contribution in [1.82, 2.24) is 4.98 Å². The van der Waals surface area contributed by atoms with Crippen molar-refractivity contribution in [1.29, 1.82) is 0 Å². The third-order valence-corrected chi connectivity index (χ3v) is 6.59. The molecule has 0 amide bonds. The molecule has 1 aliphatic heterocycles. The molecule has 0 spiro atoms. The van der Waals surface area contributed by atoms with E-state index in [0.29, 0.717) is 11.0 Å². The number of halogens is 1. The topological polar surface area (TPSA) is 86.8 Å². The highest BCUT2D eigenvalue weighted by atomic mass is 32.2. The van der Waals surface area contributed by atoms with Crippen LogP contribution >= 0.6 is 0 Å². The number of aryl methyl sites for hydroxylation is 1. The lowest BCUT2D eigenvalue weighted by molar-refractivity contribution is 0.00578. The fourth-order valence-corrected chi connectivity index (χ4v) is 4.04. The Morgan fingerprint density at radius 2 is 1.76 bits per heavy atom. The van der Waals surface area contributed by atoms with E-state index in [1.165, 1.54) is 31.5 Å². The van der Waals surface area contributed by atoms with Crippen LogP contribution in [0.25, 0.3) is 0 Å². The molecule has 3 rings (SSSR count). The van der Waals surface area contributed by atoms with Crippen LogP contribution in [0.1, 0.15) is 33.3 Å². The van der Waals surface area contributed by atoms with Crippen LogP contribution in [0.15, 0.2) is 35.4 Å². The lowest BCUT2D eigenvalue weighted by Gasteiger charge is -2.32. The number of nitrogens with one attached hydrogen (secondary N) is 1. The first-order valence-electron chi connectivity index (χ1n) is 9.05. The van der Waals surface area contributed by atoms with Gasteiger partial charge in [-0.3, -0.25) is 4.72 Å². The number of nitrogens with zero attached hydrogens (tertiary/aromatic N) is 1. The van der Waals surface area contributed by atoms with Gasteiger partial charge in [-0.25, -0.2) is 17.8 Å². The number of hydrogen-bond donors (Lipinski definition) is 1. The fourth-order valence-electron chi connectivity index (χ4n) is 2.83. The zero-order chi connectivity index (χ0) is 21.6. The normalized spacial score (nSPS) is 18.0. The Bertz CT molecular complexity index is 1030. The highest BCUT2D eigenvalue weighted by Crippen LogP contribution is 2.37. The van der Waals surface area contributed by atoms with Crippen molar-refractivity contribution in [3.8, 4) is 5.88 Å². The van der Waals surface area contributed by atoms with Crippen LogP contribution < -0.4 is 14.9 Å². The van der Waals surface area contributed by atoms with Crippen LogP contribution in [0.4, 0.5) is 10.1 Å². The summed E-state index contributed by atoms with van der Waals surface area (Å²) in [6.45, 7) is 9.32. The Balaban J connectivity index is 1.98. The molecular formula is C19H24BFN2O5S. The van der Waals surface area contributed by atoms with Gasteiger partial charge >= 0.3 is 7.12 Å². The molecule has 7 nitrogen and oxygen atoms in total. The Labute approximate surface area is 170 Å². The number of ether oxygens (including phenoxy) is 1. The van der Waals surface area contributed by atoms with Crippen molar-refractivity contribution in [2.75, 3.05) is 11.8 Å².